The second-order valence-electron chi connectivity index (χ2n) is 6.65. The Balaban J connectivity index is 1.33. The number of hydrogen-bond donors (Lipinski definition) is 1. The minimum absolute atomic E-state index is 0.123. The molecule has 4 aromatic rings. The van der Waals surface area contributed by atoms with E-state index in [0.29, 0.717) is 30.1 Å². The van der Waals surface area contributed by atoms with Gasteiger partial charge in [-0.05, 0) is 42.7 Å². The molecular formula is C22H22N4O2. The van der Waals surface area contributed by atoms with Gasteiger partial charge in [0, 0.05) is 30.9 Å². The van der Waals surface area contributed by atoms with Gasteiger partial charge < -0.3 is 9.73 Å². The molecule has 0 atom stereocenters. The van der Waals surface area contributed by atoms with Crippen molar-refractivity contribution in [3.63, 3.8) is 0 Å². The first-order valence-corrected chi connectivity index (χ1v) is 9.47. The predicted octanol–water partition coefficient (Wildman–Crippen LogP) is 3.63. The van der Waals surface area contributed by atoms with Crippen LogP contribution in [0.25, 0.3) is 11.1 Å². The number of amides is 1. The van der Waals surface area contributed by atoms with Crippen LogP contribution in [0.15, 0.2) is 71.4 Å². The molecule has 2 aromatic heterocycles. The quantitative estimate of drug-likeness (QED) is 0.511. The molecule has 0 aliphatic carbocycles. The smallest absolute Gasteiger partial charge is 0.251 e. The third-order valence-corrected chi connectivity index (χ3v) is 4.58. The maximum Gasteiger partial charge on any atom is 0.251 e. The van der Waals surface area contributed by atoms with Crippen LogP contribution in [0.2, 0.25) is 0 Å². The Morgan fingerprint density at radius 2 is 1.96 bits per heavy atom. The molecule has 0 aliphatic rings. The molecule has 0 aliphatic heterocycles. The Labute approximate surface area is 163 Å². The van der Waals surface area contributed by atoms with Crippen LogP contribution in [0.3, 0.4) is 0 Å². The molecule has 0 saturated heterocycles. The van der Waals surface area contributed by atoms with Gasteiger partial charge in [0.1, 0.15) is 5.52 Å². The summed E-state index contributed by atoms with van der Waals surface area (Å²) in [6.07, 6.45) is 6.32. The van der Waals surface area contributed by atoms with E-state index in [2.05, 4.69) is 39.7 Å². The summed E-state index contributed by atoms with van der Waals surface area (Å²) in [7, 11) is 0. The minimum atomic E-state index is -0.123. The van der Waals surface area contributed by atoms with Gasteiger partial charge in [-0.25, -0.2) is 4.98 Å². The number of rotatable bonds is 8. The molecule has 0 fully saturated rings. The van der Waals surface area contributed by atoms with E-state index in [4.69, 9.17) is 4.42 Å². The van der Waals surface area contributed by atoms with Gasteiger partial charge in [0.2, 0.25) is 0 Å². The van der Waals surface area contributed by atoms with Crippen LogP contribution in [0, 0.1) is 0 Å². The number of hydrogen-bond acceptors (Lipinski definition) is 4. The number of aromatic nitrogens is 3. The van der Waals surface area contributed by atoms with Crippen LogP contribution in [0.4, 0.5) is 0 Å². The number of aryl methyl sites for hydroxylation is 2. The van der Waals surface area contributed by atoms with Crippen LogP contribution >= 0.6 is 0 Å². The average molecular weight is 374 g/mol. The van der Waals surface area contributed by atoms with Crippen molar-refractivity contribution in [3.05, 3.63) is 84.0 Å². The summed E-state index contributed by atoms with van der Waals surface area (Å²) in [6.45, 7) is 1.15. The first-order valence-electron chi connectivity index (χ1n) is 9.47. The molecule has 2 aromatic carbocycles. The molecule has 142 valence electrons. The van der Waals surface area contributed by atoms with Crippen molar-refractivity contribution in [2.24, 2.45) is 0 Å². The van der Waals surface area contributed by atoms with Gasteiger partial charge >= 0.3 is 0 Å². The monoisotopic (exact) mass is 374 g/mol. The fourth-order valence-electron chi connectivity index (χ4n) is 3.13. The van der Waals surface area contributed by atoms with Gasteiger partial charge in [-0.3, -0.25) is 9.48 Å². The van der Waals surface area contributed by atoms with Crippen molar-refractivity contribution in [3.8, 4) is 0 Å². The molecule has 2 heterocycles. The van der Waals surface area contributed by atoms with E-state index in [-0.39, 0.29) is 5.91 Å². The summed E-state index contributed by atoms with van der Waals surface area (Å²) in [6, 6.07) is 17.6. The van der Waals surface area contributed by atoms with Gasteiger partial charge in [-0.2, -0.15) is 5.10 Å². The lowest BCUT2D eigenvalue weighted by atomic mass is 10.1. The fraction of sp³-hybridized carbons (Fsp3) is 0.227. The van der Waals surface area contributed by atoms with Crippen molar-refractivity contribution >= 4 is 17.0 Å². The summed E-state index contributed by atoms with van der Waals surface area (Å²) < 4.78 is 7.60. The molecule has 0 bridgehead atoms. The van der Waals surface area contributed by atoms with E-state index in [1.165, 1.54) is 5.56 Å². The van der Waals surface area contributed by atoms with Crippen molar-refractivity contribution in [2.75, 3.05) is 6.54 Å². The zero-order valence-corrected chi connectivity index (χ0v) is 15.5. The highest BCUT2D eigenvalue weighted by Crippen LogP contribution is 2.19. The molecule has 0 radical (unpaired) electrons. The lowest BCUT2D eigenvalue weighted by Gasteiger charge is -2.05. The third kappa shape index (κ3) is 4.46. The number of nitrogens with zero attached hydrogens (tertiary/aromatic N) is 3. The van der Waals surface area contributed by atoms with E-state index in [0.717, 1.165) is 24.8 Å². The number of benzene rings is 2. The lowest BCUT2D eigenvalue weighted by Crippen LogP contribution is -2.27. The highest BCUT2D eigenvalue weighted by Gasteiger charge is 2.10. The summed E-state index contributed by atoms with van der Waals surface area (Å²) in [5, 5.41) is 7.02. The normalized spacial score (nSPS) is 11.0. The number of nitrogens with one attached hydrogen (secondary N) is 1. The molecule has 4 rings (SSSR count). The summed E-state index contributed by atoms with van der Waals surface area (Å²) in [5.41, 5.74) is 3.32. The van der Waals surface area contributed by atoms with Crippen molar-refractivity contribution in [1.29, 1.82) is 0 Å². The number of carbonyl (C=O) groups is 1. The van der Waals surface area contributed by atoms with Crippen molar-refractivity contribution in [1.82, 2.24) is 20.1 Å². The van der Waals surface area contributed by atoms with Gasteiger partial charge in [-0.15, -0.1) is 0 Å². The molecule has 0 spiro atoms. The summed E-state index contributed by atoms with van der Waals surface area (Å²) >= 11 is 0. The van der Waals surface area contributed by atoms with Gasteiger partial charge in [0.25, 0.3) is 5.91 Å². The zero-order chi connectivity index (χ0) is 19.2. The second-order valence-corrected chi connectivity index (χ2v) is 6.65. The SMILES string of the molecule is O=C(NCCn1cccn1)c1ccc2oc(CCCc3ccccc3)nc2c1. The van der Waals surface area contributed by atoms with Crippen LogP contribution in [0.1, 0.15) is 28.2 Å². The highest BCUT2D eigenvalue weighted by molar-refractivity contribution is 5.97. The van der Waals surface area contributed by atoms with Crippen LogP contribution < -0.4 is 5.32 Å². The largest absolute Gasteiger partial charge is 0.441 e. The zero-order valence-electron chi connectivity index (χ0n) is 15.5. The number of oxazole rings is 1. The number of fused-ring (bicyclic) bond motifs is 1. The molecule has 6 heteroatoms. The predicted molar refractivity (Wildman–Crippen MR) is 107 cm³/mol. The molecule has 1 N–H and O–H groups in total. The molecular weight excluding hydrogens is 352 g/mol. The Morgan fingerprint density at radius 1 is 1.07 bits per heavy atom. The Hall–Kier alpha value is -3.41. The summed E-state index contributed by atoms with van der Waals surface area (Å²) in [4.78, 5) is 16.9. The maximum atomic E-state index is 12.4. The molecule has 0 saturated carbocycles. The first-order chi connectivity index (χ1) is 13.8. The van der Waals surface area contributed by atoms with Crippen molar-refractivity contribution < 1.29 is 9.21 Å². The third-order valence-electron chi connectivity index (χ3n) is 4.58. The molecule has 1 amide bonds. The Kier molecular flexibility index (Phi) is 5.47. The van der Waals surface area contributed by atoms with E-state index in [1.807, 2.05) is 24.4 Å². The Bertz CT molecular complexity index is 1040. The number of carbonyl (C=O) groups excluding carboxylic acids is 1. The van der Waals surface area contributed by atoms with Crippen molar-refractivity contribution in [2.45, 2.75) is 25.8 Å². The molecule has 6 nitrogen and oxygen atoms in total. The lowest BCUT2D eigenvalue weighted by molar-refractivity contribution is 0.0952. The Morgan fingerprint density at radius 3 is 2.79 bits per heavy atom. The van der Waals surface area contributed by atoms with E-state index >= 15 is 0 Å². The van der Waals surface area contributed by atoms with Crippen LogP contribution in [-0.2, 0) is 19.4 Å². The highest BCUT2D eigenvalue weighted by atomic mass is 16.3. The topological polar surface area (TPSA) is 73.0 Å². The maximum absolute atomic E-state index is 12.4. The van der Waals surface area contributed by atoms with E-state index < -0.39 is 0 Å². The summed E-state index contributed by atoms with van der Waals surface area (Å²) in [5.74, 6) is 0.588. The minimum Gasteiger partial charge on any atom is -0.441 e. The van der Waals surface area contributed by atoms with Gasteiger partial charge in [0.15, 0.2) is 11.5 Å². The van der Waals surface area contributed by atoms with Crippen LogP contribution in [0.5, 0.6) is 0 Å². The second kappa shape index (κ2) is 8.52. The van der Waals surface area contributed by atoms with E-state index in [1.54, 1.807) is 23.0 Å². The average Bonchev–Trinajstić information content (AvgIpc) is 3.37. The van der Waals surface area contributed by atoms with Gasteiger partial charge in [0.05, 0.1) is 6.54 Å². The molecule has 0 unspecified atom stereocenters. The van der Waals surface area contributed by atoms with Gasteiger partial charge in [-0.1, -0.05) is 30.3 Å². The fourth-order valence-corrected chi connectivity index (χ4v) is 3.13. The molecule has 28 heavy (non-hydrogen) atoms. The van der Waals surface area contributed by atoms with E-state index in [9.17, 15) is 4.79 Å². The standard InChI is InChI=1S/C22H22N4O2/c27-22(23-13-15-26-14-5-12-24-26)18-10-11-20-19(16-18)25-21(28-20)9-4-8-17-6-2-1-3-7-17/h1-3,5-7,10-12,14,16H,4,8-9,13,15H2,(H,23,27). The first kappa shape index (κ1) is 18.0. The van der Waals surface area contributed by atoms with Crippen LogP contribution in [-0.4, -0.2) is 27.2 Å².